The second-order valence-corrected chi connectivity index (χ2v) is 4.18. The fourth-order valence-electron chi connectivity index (χ4n) is 1.09. The summed E-state index contributed by atoms with van der Waals surface area (Å²) in [6.07, 6.45) is 1.12. The van der Waals surface area contributed by atoms with Crippen LogP contribution in [0.5, 0.6) is 0 Å². The van der Waals surface area contributed by atoms with E-state index in [2.05, 4.69) is 19.2 Å². The molecule has 0 saturated heterocycles. The van der Waals surface area contributed by atoms with Crippen molar-refractivity contribution in [2.45, 2.75) is 26.3 Å². The summed E-state index contributed by atoms with van der Waals surface area (Å²) in [5.74, 6) is -0.995. The number of aliphatic hydroxyl groups is 1. The summed E-state index contributed by atoms with van der Waals surface area (Å²) in [5, 5.41) is 20.2. The van der Waals surface area contributed by atoms with Crippen LogP contribution in [0, 0.1) is 0 Å². The average molecular weight is 310 g/mol. The van der Waals surface area contributed by atoms with Crippen molar-refractivity contribution in [2.24, 2.45) is 0 Å². The first-order valence-corrected chi connectivity index (χ1v) is 6.22. The lowest BCUT2D eigenvalue weighted by molar-refractivity contribution is 0.0697. The van der Waals surface area contributed by atoms with Crippen molar-refractivity contribution in [3.63, 3.8) is 0 Å². The second kappa shape index (κ2) is 12.2. The van der Waals surface area contributed by atoms with E-state index in [0.717, 1.165) is 13.0 Å². The molecule has 6 heteroatoms. The van der Waals surface area contributed by atoms with Crippen molar-refractivity contribution in [2.75, 3.05) is 13.2 Å². The highest BCUT2D eigenvalue weighted by atomic mass is 35.5. The van der Waals surface area contributed by atoms with Gasteiger partial charge in [0.1, 0.15) is 0 Å². The van der Waals surface area contributed by atoms with E-state index in [9.17, 15) is 4.79 Å². The van der Waals surface area contributed by atoms with Gasteiger partial charge in [-0.15, -0.1) is 12.4 Å². The van der Waals surface area contributed by atoms with E-state index in [0.29, 0.717) is 6.04 Å². The van der Waals surface area contributed by atoms with Crippen molar-refractivity contribution >= 4 is 30.0 Å². The Bertz CT molecular complexity index is 361. The number of nitrogens with one attached hydrogen (secondary N) is 1. The highest BCUT2D eigenvalue weighted by molar-refractivity contribution is 6.33. The summed E-state index contributed by atoms with van der Waals surface area (Å²) >= 11 is 5.54. The molecule has 0 aliphatic heterocycles. The van der Waals surface area contributed by atoms with E-state index < -0.39 is 5.97 Å². The summed E-state index contributed by atoms with van der Waals surface area (Å²) in [5.41, 5.74) is 0.143. The molecular formula is C13H21Cl2NO3. The number of halogens is 2. The number of carboxylic acid groups (broad SMARTS) is 1. The van der Waals surface area contributed by atoms with Gasteiger partial charge in [-0.3, -0.25) is 0 Å². The van der Waals surface area contributed by atoms with Gasteiger partial charge in [0, 0.05) is 12.6 Å². The van der Waals surface area contributed by atoms with Crippen LogP contribution >= 0.6 is 24.0 Å². The maximum atomic E-state index is 10.3. The smallest absolute Gasteiger partial charge is 0.337 e. The summed E-state index contributed by atoms with van der Waals surface area (Å²) < 4.78 is 0. The molecule has 0 aromatic heterocycles. The zero-order chi connectivity index (χ0) is 14.0. The molecule has 0 aliphatic rings. The maximum Gasteiger partial charge on any atom is 0.337 e. The number of hydrogen-bond acceptors (Lipinski definition) is 3. The van der Waals surface area contributed by atoms with Crippen LogP contribution in [0.3, 0.4) is 0 Å². The first kappa shape index (κ1) is 20.5. The highest BCUT2D eigenvalue weighted by Gasteiger charge is 2.04. The van der Waals surface area contributed by atoms with Crippen molar-refractivity contribution in [1.82, 2.24) is 5.32 Å². The molecule has 0 bridgehead atoms. The minimum absolute atomic E-state index is 0. The van der Waals surface area contributed by atoms with Crippen molar-refractivity contribution in [1.29, 1.82) is 0 Å². The molecule has 0 aliphatic carbocycles. The first-order valence-electron chi connectivity index (χ1n) is 5.85. The van der Waals surface area contributed by atoms with Crippen molar-refractivity contribution < 1.29 is 15.0 Å². The van der Waals surface area contributed by atoms with Crippen LogP contribution < -0.4 is 5.32 Å². The summed E-state index contributed by atoms with van der Waals surface area (Å²) in [4.78, 5) is 10.3. The fraction of sp³-hybridized carbons (Fsp3) is 0.462. The Morgan fingerprint density at radius 2 is 2.00 bits per heavy atom. The van der Waals surface area contributed by atoms with Crippen LogP contribution in [-0.4, -0.2) is 35.4 Å². The van der Waals surface area contributed by atoms with Crippen LogP contribution in [0.1, 0.15) is 30.6 Å². The molecule has 1 atom stereocenters. The standard InChI is InChI=1S/C7H5ClO2.C6H15NO.ClH/c8-6-4-2-1-3-5(6)7(9)10;1-3-6(2)7-4-5-8;/h1-4H,(H,9,10);6-8H,3-5H2,1-2H3;1H. The van der Waals surface area contributed by atoms with Crippen LogP contribution in [-0.2, 0) is 0 Å². The van der Waals surface area contributed by atoms with E-state index in [1.165, 1.54) is 6.07 Å². The SMILES string of the molecule is CCC(C)NCCO.Cl.O=C(O)c1ccccc1Cl. The lowest BCUT2D eigenvalue weighted by Gasteiger charge is -2.07. The van der Waals surface area contributed by atoms with Gasteiger partial charge < -0.3 is 15.5 Å². The molecule has 0 amide bonds. The molecule has 1 unspecified atom stereocenters. The first-order chi connectivity index (χ1) is 8.52. The number of rotatable bonds is 5. The third-order valence-corrected chi connectivity index (χ3v) is 2.65. The van der Waals surface area contributed by atoms with Gasteiger partial charge in [-0.25, -0.2) is 4.79 Å². The Balaban J connectivity index is 0. The van der Waals surface area contributed by atoms with Gasteiger partial charge in [-0.2, -0.15) is 0 Å². The Morgan fingerprint density at radius 3 is 2.37 bits per heavy atom. The number of aromatic carboxylic acids is 1. The Morgan fingerprint density at radius 1 is 1.42 bits per heavy atom. The van der Waals surface area contributed by atoms with Crippen LogP contribution in [0.4, 0.5) is 0 Å². The fourth-order valence-corrected chi connectivity index (χ4v) is 1.31. The minimum Gasteiger partial charge on any atom is -0.478 e. The van der Waals surface area contributed by atoms with E-state index in [-0.39, 0.29) is 29.6 Å². The van der Waals surface area contributed by atoms with Crippen LogP contribution in [0.15, 0.2) is 24.3 Å². The van der Waals surface area contributed by atoms with Gasteiger partial charge in [0.2, 0.25) is 0 Å². The molecule has 0 radical (unpaired) electrons. The normalized spacial score (nSPS) is 10.7. The highest BCUT2D eigenvalue weighted by Crippen LogP contribution is 2.13. The van der Waals surface area contributed by atoms with E-state index in [1.807, 2.05) is 0 Å². The Hall–Kier alpha value is -0.810. The molecule has 1 rings (SSSR count). The Labute approximate surface area is 125 Å². The van der Waals surface area contributed by atoms with Gasteiger partial charge in [0.05, 0.1) is 17.2 Å². The van der Waals surface area contributed by atoms with Crippen molar-refractivity contribution in [3.8, 4) is 0 Å². The molecule has 19 heavy (non-hydrogen) atoms. The number of aliphatic hydroxyl groups excluding tert-OH is 1. The molecule has 0 saturated carbocycles. The zero-order valence-electron chi connectivity index (χ0n) is 11.1. The van der Waals surface area contributed by atoms with Gasteiger partial charge in [-0.05, 0) is 25.5 Å². The number of carbonyl (C=O) groups is 1. The van der Waals surface area contributed by atoms with Crippen LogP contribution in [0.2, 0.25) is 5.02 Å². The van der Waals surface area contributed by atoms with Gasteiger partial charge in [-0.1, -0.05) is 30.7 Å². The average Bonchev–Trinajstić information content (AvgIpc) is 2.36. The third kappa shape index (κ3) is 9.73. The molecule has 110 valence electrons. The predicted molar refractivity (Wildman–Crippen MR) is 80.5 cm³/mol. The molecule has 3 N–H and O–H groups in total. The van der Waals surface area contributed by atoms with E-state index in [1.54, 1.807) is 18.2 Å². The quantitative estimate of drug-likeness (QED) is 0.782. The molecule has 0 spiro atoms. The lowest BCUT2D eigenvalue weighted by Crippen LogP contribution is -2.27. The molecule has 1 aromatic rings. The molecule has 0 fully saturated rings. The largest absolute Gasteiger partial charge is 0.478 e. The lowest BCUT2D eigenvalue weighted by atomic mass is 10.2. The number of carboxylic acids is 1. The van der Waals surface area contributed by atoms with E-state index in [4.69, 9.17) is 21.8 Å². The minimum atomic E-state index is -0.995. The summed E-state index contributed by atoms with van der Waals surface area (Å²) in [6, 6.07) is 6.88. The molecule has 0 heterocycles. The molecule has 1 aromatic carbocycles. The van der Waals surface area contributed by atoms with Gasteiger partial charge >= 0.3 is 5.97 Å². The van der Waals surface area contributed by atoms with Crippen molar-refractivity contribution in [3.05, 3.63) is 34.9 Å². The van der Waals surface area contributed by atoms with Crippen LogP contribution in [0.25, 0.3) is 0 Å². The van der Waals surface area contributed by atoms with E-state index >= 15 is 0 Å². The predicted octanol–water partition coefficient (Wildman–Crippen LogP) is 2.83. The second-order valence-electron chi connectivity index (χ2n) is 3.77. The number of hydrogen-bond donors (Lipinski definition) is 3. The Kier molecular flexibility index (Phi) is 13.2. The van der Waals surface area contributed by atoms with Gasteiger partial charge in [0.15, 0.2) is 0 Å². The molecule has 4 nitrogen and oxygen atoms in total. The maximum absolute atomic E-state index is 10.3. The third-order valence-electron chi connectivity index (χ3n) is 2.32. The summed E-state index contributed by atoms with van der Waals surface area (Å²) in [6.45, 7) is 5.18. The summed E-state index contributed by atoms with van der Waals surface area (Å²) in [7, 11) is 0. The van der Waals surface area contributed by atoms with Gasteiger partial charge in [0.25, 0.3) is 0 Å². The topological polar surface area (TPSA) is 69.6 Å². The monoisotopic (exact) mass is 309 g/mol. The number of benzene rings is 1. The molecular weight excluding hydrogens is 289 g/mol. The zero-order valence-corrected chi connectivity index (χ0v) is 12.7.